The molecule has 6 heteroatoms. The van der Waals surface area contributed by atoms with Crippen molar-refractivity contribution in [2.45, 2.75) is 13.3 Å². The molecule has 2 aromatic carbocycles. The van der Waals surface area contributed by atoms with Gasteiger partial charge in [0.05, 0.1) is 20.6 Å². The third-order valence-electron chi connectivity index (χ3n) is 4.99. The van der Waals surface area contributed by atoms with Crippen LogP contribution in [0, 0.1) is 6.92 Å². The van der Waals surface area contributed by atoms with E-state index in [4.69, 9.17) is 9.47 Å². The van der Waals surface area contributed by atoms with Crippen LogP contribution in [0.25, 0.3) is 0 Å². The van der Waals surface area contributed by atoms with Gasteiger partial charge in [0.15, 0.2) is 0 Å². The summed E-state index contributed by atoms with van der Waals surface area (Å²) in [5.41, 5.74) is 2.71. The monoisotopic (exact) mass is 382 g/mol. The number of carbonyl (C=O) groups excluding carboxylic acids is 2. The van der Waals surface area contributed by atoms with Crippen LogP contribution < -0.4 is 9.47 Å². The van der Waals surface area contributed by atoms with Crippen LogP contribution in [0.5, 0.6) is 11.5 Å². The van der Waals surface area contributed by atoms with Crippen LogP contribution in [0.4, 0.5) is 0 Å². The van der Waals surface area contributed by atoms with Crippen molar-refractivity contribution in [2.75, 3.05) is 40.4 Å². The van der Waals surface area contributed by atoms with Crippen molar-refractivity contribution in [3.05, 3.63) is 59.2 Å². The summed E-state index contributed by atoms with van der Waals surface area (Å²) in [4.78, 5) is 29.0. The summed E-state index contributed by atoms with van der Waals surface area (Å²) in [5.74, 6) is 1.17. The van der Waals surface area contributed by atoms with Gasteiger partial charge < -0.3 is 19.3 Å². The second kappa shape index (κ2) is 8.78. The van der Waals surface area contributed by atoms with Crippen molar-refractivity contribution in [3.63, 3.8) is 0 Å². The average molecular weight is 382 g/mol. The second-order valence-corrected chi connectivity index (χ2v) is 6.94. The zero-order valence-electron chi connectivity index (χ0n) is 16.6. The molecule has 148 valence electrons. The van der Waals surface area contributed by atoms with Crippen molar-refractivity contribution in [1.29, 1.82) is 0 Å². The highest BCUT2D eigenvalue weighted by atomic mass is 16.5. The van der Waals surface area contributed by atoms with E-state index < -0.39 is 0 Å². The number of benzene rings is 2. The van der Waals surface area contributed by atoms with Crippen LogP contribution in [0.1, 0.15) is 21.5 Å². The fourth-order valence-electron chi connectivity index (χ4n) is 3.26. The van der Waals surface area contributed by atoms with E-state index in [1.165, 1.54) is 5.56 Å². The maximum Gasteiger partial charge on any atom is 0.254 e. The quantitative estimate of drug-likeness (QED) is 0.797. The topological polar surface area (TPSA) is 59.1 Å². The number of hydrogen-bond donors (Lipinski definition) is 0. The zero-order valence-corrected chi connectivity index (χ0v) is 16.6. The molecule has 1 saturated heterocycles. The molecule has 2 aromatic rings. The Bertz CT molecular complexity index is 818. The van der Waals surface area contributed by atoms with Crippen LogP contribution in [0.2, 0.25) is 0 Å². The van der Waals surface area contributed by atoms with E-state index in [1.54, 1.807) is 37.3 Å². The highest BCUT2D eigenvalue weighted by Crippen LogP contribution is 2.24. The van der Waals surface area contributed by atoms with Crippen LogP contribution in [-0.4, -0.2) is 62.0 Å². The number of amides is 2. The molecule has 6 nitrogen and oxygen atoms in total. The third-order valence-corrected chi connectivity index (χ3v) is 4.99. The molecule has 0 saturated carbocycles. The number of rotatable bonds is 5. The van der Waals surface area contributed by atoms with Gasteiger partial charge >= 0.3 is 0 Å². The molecule has 2 amide bonds. The van der Waals surface area contributed by atoms with E-state index in [2.05, 4.69) is 0 Å². The lowest BCUT2D eigenvalue weighted by molar-refractivity contribution is -0.131. The highest BCUT2D eigenvalue weighted by Gasteiger charge is 2.25. The molecule has 1 aliphatic heterocycles. The van der Waals surface area contributed by atoms with Crippen molar-refractivity contribution >= 4 is 11.8 Å². The lowest BCUT2D eigenvalue weighted by Gasteiger charge is -2.35. The summed E-state index contributed by atoms with van der Waals surface area (Å²) in [6.45, 7) is 4.13. The summed E-state index contributed by atoms with van der Waals surface area (Å²) in [5, 5.41) is 0. The van der Waals surface area contributed by atoms with Gasteiger partial charge in [-0.2, -0.15) is 0 Å². The van der Waals surface area contributed by atoms with E-state index in [-0.39, 0.29) is 11.8 Å². The van der Waals surface area contributed by atoms with Crippen LogP contribution in [0.15, 0.2) is 42.5 Å². The lowest BCUT2D eigenvalue weighted by Crippen LogP contribution is -2.51. The van der Waals surface area contributed by atoms with Gasteiger partial charge in [0.1, 0.15) is 11.5 Å². The van der Waals surface area contributed by atoms with Gasteiger partial charge in [-0.15, -0.1) is 0 Å². The second-order valence-electron chi connectivity index (χ2n) is 6.94. The summed E-state index contributed by atoms with van der Waals surface area (Å²) in [6.07, 6.45) is 0.390. The minimum absolute atomic E-state index is 0.0807. The summed E-state index contributed by atoms with van der Waals surface area (Å²) < 4.78 is 10.5. The Morgan fingerprint density at radius 1 is 0.857 bits per heavy atom. The fourth-order valence-corrected chi connectivity index (χ4v) is 3.26. The Kier molecular flexibility index (Phi) is 6.19. The van der Waals surface area contributed by atoms with E-state index in [9.17, 15) is 9.59 Å². The molecule has 0 atom stereocenters. The van der Waals surface area contributed by atoms with Gasteiger partial charge in [-0.1, -0.05) is 29.8 Å². The predicted octanol–water partition coefficient (Wildman–Crippen LogP) is 2.54. The number of aryl methyl sites for hydroxylation is 1. The first kappa shape index (κ1) is 19.7. The Morgan fingerprint density at radius 3 is 1.93 bits per heavy atom. The van der Waals surface area contributed by atoms with Crippen LogP contribution in [0.3, 0.4) is 0 Å². The summed E-state index contributed by atoms with van der Waals surface area (Å²) >= 11 is 0. The van der Waals surface area contributed by atoms with E-state index in [0.29, 0.717) is 49.7 Å². The Hall–Kier alpha value is -3.02. The Morgan fingerprint density at radius 2 is 1.39 bits per heavy atom. The molecule has 1 heterocycles. The minimum atomic E-state index is -0.0807. The molecule has 0 N–H and O–H groups in total. The zero-order chi connectivity index (χ0) is 20.1. The molecule has 0 aromatic heterocycles. The molecule has 0 radical (unpaired) electrons. The molecule has 3 rings (SSSR count). The SMILES string of the molecule is COc1cc(OC)cc(C(=O)N2CCN(C(=O)Cc3ccc(C)cc3)CC2)c1. The lowest BCUT2D eigenvalue weighted by atomic mass is 10.1. The van der Waals surface area contributed by atoms with Gasteiger partial charge in [-0.25, -0.2) is 0 Å². The first-order valence-electron chi connectivity index (χ1n) is 9.36. The van der Waals surface area contributed by atoms with Crippen molar-refractivity contribution < 1.29 is 19.1 Å². The number of piperazine rings is 1. The van der Waals surface area contributed by atoms with Gasteiger partial charge in [-0.05, 0) is 24.6 Å². The fraction of sp³-hybridized carbons (Fsp3) is 0.364. The Balaban J connectivity index is 1.59. The average Bonchev–Trinajstić information content (AvgIpc) is 2.74. The van der Waals surface area contributed by atoms with Gasteiger partial charge in [0.25, 0.3) is 5.91 Å². The number of nitrogens with zero attached hydrogens (tertiary/aromatic N) is 2. The maximum absolute atomic E-state index is 12.8. The molecule has 1 aliphatic rings. The highest BCUT2D eigenvalue weighted by molar-refractivity contribution is 5.95. The van der Waals surface area contributed by atoms with Crippen LogP contribution >= 0.6 is 0 Å². The van der Waals surface area contributed by atoms with E-state index >= 15 is 0 Å². The number of ether oxygens (including phenoxy) is 2. The molecule has 0 unspecified atom stereocenters. The maximum atomic E-state index is 12.8. The van der Waals surface area contributed by atoms with E-state index in [0.717, 1.165) is 5.56 Å². The number of methoxy groups -OCH3 is 2. The normalized spacial score (nSPS) is 14.0. The van der Waals surface area contributed by atoms with E-state index in [1.807, 2.05) is 36.1 Å². The molecule has 0 bridgehead atoms. The van der Waals surface area contributed by atoms with Gasteiger partial charge in [-0.3, -0.25) is 9.59 Å². The van der Waals surface area contributed by atoms with Crippen LogP contribution in [-0.2, 0) is 11.2 Å². The predicted molar refractivity (Wildman–Crippen MR) is 107 cm³/mol. The third kappa shape index (κ3) is 4.63. The largest absolute Gasteiger partial charge is 0.497 e. The molecular formula is C22H26N2O4. The molecule has 1 fully saturated rings. The summed E-state index contributed by atoms with van der Waals surface area (Å²) in [6, 6.07) is 13.2. The smallest absolute Gasteiger partial charge is 0.254 e. The first-order valence-corrected chi connectivity index (χ1v) is 9.36. The van der Waals surface area contributed by atoms with Gasteiger partial charge in [0.2, 0.25) is 5.91 Å². The number of hydrogen-bond acceptors (Lipinski definition) is 4. The standard InChI is InChI=1S/C22H26N2O4/c1-16-4-6-17(7-5-16)12-21(25)23-8-10-24(11-9-23)22(26)18-13-19(27-2)15-20(14-18)28-3/h4-7,13-15H,8-12H2,1-3H3. The van der Waals surface area contributed by atoms with Crippen molar-refractivity contribution in [1.82, 2.24) is 9.80 Å². The minimum Gasteiger partial charge on any atom is -0.497 e. The number of carbonyl (C=O) groups is 2. The molecule has 28 heavy (non-hydrogen) atoms. The van der Waals surface area contributed by atoms with Crippen molar-refractivity contribution in [3.8, 4) is 11.5 Å². The first-order chi connectivity index (χ1) is 13.5. The van der Waals surface area contributed by atoms with Gasteiger partial charge in [0, 0.05) is 37.8 Å². The summed E-state index contributed by atoms with van der Waals surface area (Å²) in [7, 11) is 3.11. The molecule has 0 aliphatic carbocycles. The Labute approximate surface area is 165 Å². The molecular weight excluding hydrogens is 356 g/mol. The van der Waals surface area contributed by atoms with Crippen molar-refractivity contribution in [2.24, 2.45) is 0 Å². The molecule has 0 spiro atoms.